The molecule has 3 heterocycles. The minimum atomic E-state index is -1.86. The number of nitrogen functional groups attached to an aromatic ring is 1. The molecule has 1 aliphatic heterocycles. The number of hydrogen-bond donors (Lipinski definition) is 1. The van der Waals surface area contributed by atoms with Crippen LogP contribution in [0.2, 0.25) is 37.3 Å². The van der Waals surface area contributed by atoms with Crippen molar-refractivity contribution in [3.05, 3.63) is 12.7 Å². The Hall–Kier alpha value is -1.34. The van der Waals surface area contributed by atoms with Gasteiger partial charge in [0, 0.05) is 6.42 Å². The van der Waals surface area contributed by atoms with Gasteiger partial charge >= 0.3 is 0 Å². The van der Waals surface area contributed by atoms with E-state index in [2.05, 4.69) is 68.8 Å². The van der Waals surface area contributed by atoms with E-state index in [9.17, 15) is 0 Å². The van der Waals surface area contributed by atoms with Crippen LogP contribution < -0.4 is 5.73 Å². The maximum absolute atomic E-state index is 6.72. The quantitative estimate of drug-likeness (QED) is 0.597. The topological polar surface area (TPSA) is 97.3 Å². The summed E-state index contributed by atoms with van der Waals surface area (Å²) < 4.78 is 21.6. The van der Waals surface area contributed by atoms with Crippen LogP contribution in [-0.2, 0) is 13.6 Å². The number of aromatic nitrogens is 4. The summed E-state index contributed by atoms with van der Waals surface area (Å²) in [5, 5.41) is 0. The second-order valence-corrected chi connectivity index (χ2v) is 19.2. The fourth-order valence-electron chi connectivity index (χ4n) is 3.22. The molecule has 30 heavy (non-hydrogen) atoms. The summed E-state index contributed by atoms with van der Waals surface area (Å²) in [5.41, 5.74) is 8.30. The van der Waals surface area contributed by atoms with Gasteiger partial charge < -0.3 is 19.3 Å². The molecule has 3 rings (SSSR count). The van der Waals surface area contributed by atoms with Crippen molar-refractivity contribution in [1.82, 2.24) is 19.5 Å². The highest BCUT2D eigenvalue weighted by Gasteiger charge is 2.43. The molecule has 0 aromatic carbocycles. The lowest BCUT2D eigenvalue weighted by atomic mass is 10.2. The maximum atomic E-state index is 6.72. The van der Waals surface area contributed by atoms with E-state index in [-0.39, 0.29) is 18.4 Å². The Bertz CT molecular complexity index is 871. The number of imidazole rings is 1. The van der Waals surface area contributed by atoms with Gasteiger partial charge in [0.25, 0.3) is 0 Å². The van der Waals surface area contributed by atoms with E-state index in [4.69, 9.17) is 19.3 Å². The summed E-state index contributed by atoms with van der Waals surface area (Å²) in [7, 11) is -3.63. The van der Waals surface area contributed by atoms with Crippen molar-refractivity contribution in [2.75, 3.05) is 12.3 Å². The fourth-order valence-corrected chi connectivity index (χ4v) is 5.44. The number of nitrogens with two attached hydrogens (primary N) is 1. The molecule has 1 saturated heterocycles. The molecule has 8 nitrogen and oxygen atoms in total. The second-order valence-electron chi connectivity index (χ2n) is 9.93. The van der Waals surface area contributed by atoms with Crippen LogP contribution in [0.5, 0.6) is 0 Å². The van der Waals surface area contributed by atoms with Crippen LogP contribution in [0.15, 0.2) is 12.7 Å². The van der Waals surface area contributed by atoms with Gasteiger partial charge in [-0.15, -0.1) is 0 Å². The van der Waals surface area contributed by atoms with Crippen molar-refractivity contribution < 1.29 is 13.6 Å². The standard InChI is InChI=1S/C20H37N5O3Si2/c1-13(2)29(5,6)26-10-16-15(28-30(7,8)14(3)4)9-17(27-16)25-12-24-18-19(21)22-11-23-20(18)25/h11-17H,9-10H2,1-8H3,(H2,21,22,23). The molecular weight excluding hydrogens is 414 g/mol. The average molecular weight is 452 g/mol. The van der Waals surface area contributed by atoms with Gasteiger partial charge in [-0.2, -0.15) is 0 Å². The predicted octanol–water partition coefficient (Wildman–Crippen LogP) is 4.33. The van der Waals surface area contributed by atoms with Gasteiger partial charge in [-0.1, -0.05) is 27.7 Å². The van der Waals surface area contributed by atoms with Gasteiger partial charge in [0.2, 0.25) is 0 Å². The Morgan fingerprint density at radius 2 is 1.77 bits per heavy atom. The first-order valence-electron chi connectivity index (χ1n) is 10.8. The molecule has 168 valence electrons. The third-order valence-electron chi connectivity index (χ3n) is 6.73. The zero-order valence-corrected chi connectivity index (χ0v) is 21.5. The van der Waals surface area contributed by atoms with E-state index < -0.39 is 16.6 Å². The minimum absolute atomic E-state index is 0.0207. The SMILES string of the molecule is CC(C)[Si](C)(C)OCC1OC(n2cnc3c(N)ncnc32)CC1O[Si](C)(C)C(C)C. The smallest absolute Gasteiger partial charge is 0.189 e. The zero-order chi connectivity index (χ0) is 22.3. The molecular formula is C20H37N5O3Si2. The molecule has 10 heteroatoms. The molecule has 3 atom stereocenters. The highest BCUT2D eigenvalue weighted by Crippen LogP contribution is 2.37. The van der Waals surface area contributed by atoms with Crippen LogP contribution in [0.25, 0.3) is 11.2 Å². The number of fused-ring (bicyclic) bond motifs is 1. The Morgan fingerprint density at radius 3 is 2.40 bits per heavy atom. The summed E-state index contributed by atoms with van der Waals surface area (Å²) in [4.78, 5) is 12.8. The molecule has 0 amide bonds. The molecule has 3 unspecified atom stereocenters. The molecule has 1 aliphatic rings. The van der Waals surface area contributed by atoms with Gasteiger partial charge in [-0.3, -0.25) is 4.57 Å². The van der Waals surface area contributed by atoms with Crippen molar-refractivity contribution in [1.29, 1.82) is 0 Å². The molecule has 2 N–H and O–H groups in total. The van der Waals surface area contributed by atoms with E-state index in [1.807, 2.05) is 4.57 Å². The van der Waals surface area contributed by atoms with Crippen molar-refractivity contribution in [2.24, 2.45) is 0 Å². The monoisotopic (exact) mass is 451 g/mol. The van der Waals surface area contributed by atoms with Crippen LogP contribution in [-0.4, -0.2) is 55.0 Å². The Labute approximate surface area is 181 Å². The zero-order valence-electron chi connectivity index (χ0n) is 19.5. The molecule has 2 aromatic heterocycles. The molecule has 0 spiro atoms. The number of hydrogen-bond acceptors (Lipinski definition) is 7. The molecule has 0 radical (unpaired) electrons. The third kappa shape index (κ3) is 4.77. The second kappa shape index (κ2) is 8.66. The van der Waals surface area contributed by atoms with E-state index in [0.717, 1.165) is 6.42 Å². The van der Waals surface area contributed by atoms with Crippen molar-refractivity contribution >= 4 is 33.6 Å². The molecule has 1 fully saturated rings. The summed E-state index contributed by atoms with van der Waals surface area (Å²) in [6.07, 6.45) is 3.57. The first kappa shape index (κ1) is 23.3. The van der Waals surface area contributed by atoms with Crippen molar-refractivity contribution in [2.45, 2.75) is 89.8 Å². The Kier molecular flexibility index (Phi) is 6.73. The van der Waals surface area contributed by atoms with E-state index in [1.165, 1.54) is 6.33 Å². The Balaban J connectivity index is 1.84. The van der Waals surface area contributed by atoms with Gasteiger partial charge in [0.15, 0.2) is 28.1 Å². The maximum Gasteiger partial charge on any atom is 0.189 e. The van der Waals surface area contributed by atoms with Crippen molar-refractivity contribution in [3.63, 3.8) is 0 Å². The lowest BCUT2D eigenvalue weighted by Crippen LogP contribution is -2.44. The molecule has 0 saturated carbocycles. The van der Waals surface area contributed by atoms with E-state index >= 15 is 0 Å². The summed E-state index contributed by atoms with van der Waals surface area (Å²) in [6, 6.07) is 0. The molecule has 0 bridgehead atoms. The van der Waals surface area contributed by atoms with Crippen LogP contribution in [0.1, 0.15) is 40.3 Å². The summed E-state index contributed by atoms with van der Waals surface area (Å²) in [6.45, 7) is 18.6. The van der Waals surface area contributed by atoms with Crippen LogP contribution in [0.4, 0.5) is 5.82 Å². The summed E-state index contributed by atoms with van der Waals surface area (Å²) >= 11 is 0. The van der Waals surface area contributed by atoms with Gasteiger partial charge in [0.05, 0.1) is 19.0 Å². The van der Waals surface area contributed by atoms with E-state index in [1.54, 1.807) is 6.33 Å². The highest BCUT2D eigenvalue weighted by atomic mass is 28.4. The number of ether oxygens (including phenoxy) is 1. The lowest BCUT2D eigenvalue weighted by Gasteiger charge is -2.34. The summed E-state index contributed by atoms with van der Waals surface area (Å²) in [5.74, 6) is 0.377. The largest absolute Gasteiger partial charge is 0.414 e. The van der Waals surface area contributed by atoms with Crippen molar-refractivity contribution in [3.8, 4) is 0 Å². The van der Waals surface area contributed by atoms with E-state index in [0.29, 0.717) is 34.7 Å². The fraction of sp³-hybridized carbons (Fsp3) is 0.750. The first-order chi connectivity index (χ1) is 13.9. The number of anilines is 1. The highest BCUT2D eigenvalue weighted by molar-refractivity contribution is 6.72. The van der Waals surface area contributed by atoms with Gasteiger partial charge in [-0.25, -0.2) is 15.0 Å². The van der Waals surface area contributed by atoms with Crippen LogP contribution in [0, 0.1) is 0 Å². The van der Waals surface area contributed by atoms with Gasteiger partial charge in [-0.05, 0) is 37.3 Å². The van der Waals surface area contributed by atoms with Crippen LogP contribution >= 0.6 is 0 Å². The lowest BCUT2D eigenvalue weighted by molar-refractivity contribution is -0.0375. The molecule has 2 aromatic rings. The third-order valence-corrected chi connectivity index (χ3v) is 14.1. The molecule has 0 aliphatic carbocycles. The predicted molar refractivity (Wildman–Crippen MR) is 124 cm³/mol. The number of rotatable bonds is 8. The minimum Gasteiger partial charge on any atom is -0.414 e. The number of nitrogens with zero attached hydrogens (tertiary/aromatic N) is 4. The Morgan fingerprint density at radius 1 is 1.10 bits per heavy atom. The normalized spacial score (nSPS) is 23.2. The van der Waals surface area contributed by atoms with Gasteiger partial charge in [0.1, 0.15) is 24.2 Å². The first-order valence-corrected chi connectivity index (χ1v) is 16.8. The average Bonchev–Trinajstić information content (AvgIpc) is 3.24. The van der Waals surface area contributed by atoms with Crippen LogP contribution in [0.3, 0.4) is 0 Å².